The first-order valence-electron chi connectivity index (χ1n) is 7.01. The second kappa shape index (κ2) is 7.89. The maximum atomic E-state index is 12.0. The van der Waals surface area contributed by atoms with Crippen LogP contribution in [0, 0.1) is 0 Å². The number of benzene rings is 2. The molecule has 0 aliphatic heterocycles. The lowest BCUT2D eigenvalue weighted by molar-refractivity contribution is -0.111. The minimum absolute atomic E-state index is 0.253. The maximum absolute atomic E-state index is 12.0. The largest absolute Gasteiger partial charge is 0.497 e. The summed E-state index contributed by atoms with van der Waals surface area (Å²) >= 11 is 0. The molecule has 0 spiro atoms. The number of nitrogens with one attached hydrogen (secondary N) is 1. The van der Waals surface area contributed by atoms with E-state index in [4.69, 9.17) is 14.2 Å². The van der Waals surface area contributed by atoms with E-state index in [2.05, 4.69) is 5.32 Å². The van der Waals surface area contributed by atoms with Gasteiger partial charge in [-0.3, -0.25) is 4.79 Å². The van der Waals surface area contributed by atoms with Gasteiger partial charge in [0.1, 0.15) is 17.2 Å². The molecule has 1 amide bonds. The highest BCUT2D eigenvalue weighted by Crippen LogP contribution is 2.24. The van der Waals surface area contributed by atoms with Crippen LogP contribution in [-0.4, -0.2) is 27.2 Å². The molecule has 0 saturated carbocycles. The van der Waals surface area contributed by atoms with Crippen LogP contribution in [0.3, 0.4) is 0 Å². The number of hydrogen-bond donors (Lipinski definition) is 1. The van der Waals surface area contributed by atoms with Crippen molar-refractivity contribution in [1.82, 2.24) is 0 Å². The molecule has 0 bridgehead atoms. The van der Waals surface area contributed by atoms with Crippen molar-refractivity contribution in [3.63, 3.8) is 0 Å². The van der Waals surface area contributed by atoms with Gasteiger partial charge in [0.05, 0.1) is 27.0 Å². The average molecular weight is 313 g/mol. The third kappa shape index (κ3) is 4.51. The number of anilines is 1. The fourth-order valence-corrected chi connectivity index (χ4v) is 2.02. The number of para-hydroxylation sites is 2. The number of methoxy groups -OCH3 is 3. The van der Waals surface area contributed by atoms with E-state index in [9.17, 15) is 4.79 Å². The minimum atomic E-state index is -0.253. The number of rotatable bonds is 6. The summed E-state index contributed by atoms with van der Waals surface area (Å²) in [5.41, 5.74) is 1.42. The molecule has 0 fully saturated rings. The molecule has 23 heavy (non-hydrogen) atoms. The molecule has 2 aromatic rings. The fourth-order valence-electron chi connectivity index (χ4n) is 2.02. The third-order valence-electron chi connectivity index (χ3n) is 3.17. The highest BCUT2D eigenvalue weighted by molar-refractivity contribution is 6.02. The Bertz CT molecular complexity index is 688. The summed E-state index contributed by atoms with van der Waals surface area (Å²) in [7, 11) is 4.72. The highest BCUT2D eigenvalue weighted by atomic mass is 16.5. The van der Waals surface area contributed by atoms with Crippen molar-refractivity contribution in [1.29, 1.82) is 0 Å². The van der Waals surface area contributed by atoms with Gasteiger partial charge < -0.3 is 19.5 Å². The first-order chi connectivity index (χ1) is 11.2. The van der Waals surface area contributed by atoms with Gasteiger partial charge >= 0.3 is 0 Å². The summed E-state index contributed by atoms with van der Waals surface area (Å²) < 4.78 is 15.6. The van der Waals surface area contributed by atoms with E-state index >= 15 is 0 Å². The molecule has 0 aliphatic carbocycles. The van der Waals surface area contributed by atoms with Gasteiger partial charge in [0, 0.05) is 12.1 Å². The van der Waals surface area contributed by atoms with Crippen molar-refractivity contribution in [2.45, 2.75) is 0 Å². The number of hydrogen-bond acceptors (Lipinski definition) is 4. The van der Waals surface area contributed by atoms with Gasteiger partial charge in [-0.2, -0.15) is 0 Å². The topological polar surface area (TPSA) is 56.8 Å². The summed E-state index contributed by atoms with van der Waals surface area (Å²) in [6.45, 7) is 0. The number of amides is 1. The molecular formula is C18H19NO4. The van der Waals surface area contributed by atoms with Crippen LogP contribution in [0.4, 0.5) is 5.69 Å². The van der Waals surface area contributed by atoms with E-state index in [1.807, 2.05) is 24.3 Å². The van der Waals surface area contributed by atoms with Crippen LogP contribution in [0.2, 0.25) is 0 Å². The predicted octanol–water partition coefficient (Wildman–Crippen LogP) is 3.36. The van der Waals surface area contributed by atoms with E-state index in [0.717, 1.165) is 5.56 Å². The molecule has 0 saturated heterocycles. The molecule has 5 heteroatoms. The molecule has 0 atom stereocenters. The number of ether oxygens (including phenoxy) is 3. The van der Waals surface area contributed by atoms with Gasteiger partial charge in [-0.05, 0) is 35.9 Å². The van der Waals surface area contributed by atoms with Crippen LogP contribution in [0.15, 0.2) is 48.5 Å². The zero-order valence-electron chi connectivity index (χ0n) is 13.3. The lowest BCUT2D eigenvalue weighted by Crippen LogP contribution is -2.08. The van der Waals surface area contributed by atoms with E-state index < -0.39 is 0 Å². The minimum Gasteiger partial charge on any atom is -0.497 e. The van der Waals surface area contributed by atoms with Crippen LogP contribution >= 0.6 is 0 Å². The van der Waals surface area contributed by atoms with Gasteiger partial charge in [-0.1, -0.05) is 12.1 Å². The van der Waals surface area contributed by atoms with Gasteiger partial charge in [0.2, 0.25) is 5.91 Å². The Labute approximate surface area is 135 Å². The van der Waals surface area contributed by atoms with Crippen molar-refractivity contribution in [2.75, 3.05) is 26.6 Å². The quantitative estimate of drug-likeness (QED) is 0.831. The first-order valence-corrected chi connectivity index (χ1v) is 7.01. The molecule has 0 aromatic heterocycles. The van der Waals surface area contributed by atoms with Crippen molar-refractivity contribution in [3.8, 4) is 17.2 Å². The first kappa shape index (κ1) is 16.4. The lowest BCUT2D eigenvalue weighted by Gasteiger charge is -2.08. The Morgan fingerprint density at radius 1 is 0.957 bits per heavy atom. The summed E-state index contributed by atoms with van der Waals surface area (Å²) in [5, 5.41) is 2.78. The highest BCUT2D eigenvalue weighted by Gasteiger charge is 2.04. The molecule has 0 aliphatic rings. The van der Waals surface area contributed by atoms with Crippen molar-refractivity contribution in [2.24, 2.45) is 0 Å². The maximum Gasteiger partial charge on any atom is 0.248 e. The Hall–Kier alpha value is -2.95. The van der Waals surface area contributed by atoms with Gasteiger partial charge in [0.25, 0.3) is 0 Å². The van der Waals surface area contributed by atoms with E-state index in [1.54, 1.807) is 45.6 Å². The van der Waals surface area contributed by atoms with Crippen LogP contribution in [0.25, 0.3) is 6.08 Å². The molecule has 0 unspecified atom stereocenters. The Balaban J connectivity index is 2.12. The average Bonchev–Trinajstić information content (AvgIpc) is 2.60. The second-order valence-corrected chi connectivity index (χ2v) is 4.67. The smallest absolute Gasteiger partial charge is 0.248 e. The standard InChI is InChI=1S/C18H19NO4/c1-21-14-10-13(11-15(12-14)22-2)8-9-18(20)19-16-6-4-5-7-17(16)23-3/h4-12H,1-3H3,(H,19,20)/b9-8+. The number of carbonyl (C=O) groups excluding carboxylic acids is 1. The molecule has 0 radical (unpaired) electrons. The molecule has 5 nitrogen and oxygen atoms in total. The van der Waals surface area contributed by atoms with Crippen LogP contribution in [0.5, 0.6) is 17.2 Å². The monoisotopic (exact) mass is 313 g/mol. The number of carbonyl (C=O) groups is 1. The van der Waals surface area contributed by atoms with Crippen LogP contribution in [-0.2, 0) is 4.79 Å². The predicted molar refractivity (Wildman–Crippen MR) is 90.2 cm³/mol. The van der Waals surface area contributed by atoms with E-state index in [0.29, 0.717) is 22.9 Å². The Morgan fingerprint density at radius 2 is 1.61 bits per heavy atom. The van der Waals surface area contributed by atoms with Gasteiger partial charge in [-0.25, -0.2) is 0 Å². The lowest BCUT2D eigenvalue weighted by atomic mass is 10.2. The van der Waals surface area contributed by atoms with E-state index in [-0.39, 0.29) is 5.91 Å². The van der Waals surface area contributed by atoms with Gasteiger partial charge in [-0.15, -0.1) is 0 Å². The fraction of sp³-hybridized carbons (Fsp3) is 0.167. The Kier molecular flexibility index (Phi) is 5.63. The molecule has 2 rings (SSSR count). The molecule has 1 N–H and O–H groups in total. The normalized spacial score (nSPS) is 10.4. The molecule has 2 aromatic carbocycles. The van der Waals surface area contributed by atoms with E-state index in [1.165, 1.54) is 6.08 Å². The van der Waals surface area contributed by atoms with Crippen molar-refractivity contribution in [3.05, 3.63) is 54.1 Å². The summed E-state index contributed by atoms with van der Waals surface area (Å²) in [5.74, 6) is 1.68. The zero-order chi connectivity index (χ0) is 16.7. The molecular weight excluding hydrogens is 294 g/mol. The SMILES string of the molecule is COc1cc(/C=C/C(=O)Nc2ccccc2OC)cc(OC)c1. The summed E-state index contributed by atoms with van der Waals surface area (Å²) in [4.78, 5) is 12.0. The van der Waals surface area contributed by atoms with Crippen LogP contribution < -0.4 is 19.5 Å². The Morgan fingerprint density at radius 3 is 2.22 bits per heavy atom. The summed E-state index contributed by atoms with van der Waals surface area (Å²) in [6, 6.07) is 12.6. The third-order valence-corrected chi connectivity index (χ3v) is 3.17. The van der Waals surface area contributed by atoms with Gasteiger partial charge in [0.15, 0.2) is 0 Å². The van der Waals surface area contributed by atoms with Crippen LogP contribution in [0.1, 0.15) is 5.56 Å². The molecule has 120 valence electrons. The molecule has 0 heterocycles. The summed E-state index contributed by atoms with van der Waals surface area (Å²) in [6.07, 6.45) is 3.14. The van der Waals surface area contributed by atoms with Crippen molar-refractivity contribution >= 4 is 17.7 Å². The zero-order valence-corrected chi connectivity index (χ0v) is 13.3. The van der Waals surface area contributed by atoms with Crippen molar-refractivity contribution < 1.29 is 19.0 Å². The second-order valence-electron chi connectivity index (χ2n) is 4.67.